The van der Waals surface area contributed by atoms with E-state index in [9.17, 15) is 0 Å². The molecule has 0 spiro atoms. The lowest BCUT2D eigenvalue weighted by Crippen LogP contribution is -2.16. The van der Waals surface area contributed by atoms with Crippen LogP contribution in [0.4, 0.5) is 0 Å². The number of fused-ring (bicyclic) bond motifs is 4. The number of allylic oxidation sites excluding steroid dienone is 8. The Morgan fingerprint density at radius 2 is 0.875 bits per heavy atom. The smallest absolute Gasteiger partial charge is 0.00639 e. The highest BCUT2D eigenvalue weighted by molar-refractivity contribution is 5.96. The van der Waals surface area contributed by atoms with Crippen LogP contribution in [0.3, 0.4) is 0 Å². The molecular formula is C48H50. The summed E-state index contributed by atoms with van der Waals surface area (Å²) < 4.78 is 0. The van der Waals surface area contributed by atoms with E-state index in [1.54, 1.807) is 11.1 Å². The Bertz CT molecular complexity index is 1860. The summed E-state index contributed by atoms with van der Waals surface area (Å²) in [5, 5.41) is 0. The first-order chi connectivity index (χ1) is 23.1. The van der Waals surface area contributed by atoms with Gasteiger partial charge >= 0.3 is 0 Å². The SMILES string of the molecule is CC(C)(C)c1ccc2c(c1)C1=C(CC2)C(CCC2C(c3ccccc3)=CC3=C2CCc2ccc(C(C)(C)C)cc23)C(c2ccccc2)=C1. The first-order valence-electron chi connectivity index (χ1n) is 18.3. The third-order valence-electron chi connectivity index (χ3n) is 11.7. The van der Waals surface area contributed by atoms with Crippen LogP contribution >= 0.6 is 0 Å². The van der Waals surface area contributed by atoms with Crippen LogP contribution in [0.2, 0.25) is 0 Å². The Morgan fingerprint density at radius 3 is 1.25 bits per heavy atom. The van der Waals surface area contributed by atoms with Crippen molar-refractivity contribution < 1.29 is 0 Å². The summed E-state index contributed by atoms with van der Waals surface area (Å²) in [6.07, 6.45) is 12.1. The monoisotopic (exact) mass is 626 g/mol. The molecule has 4 aliphatic rings. The van der Waals surface area contributed by atoms with Crippen LogP contribution in [0.15, 0.2) is 120 Å². The predicted molar refractivity (Wildman–Crippen MR) is 206 cm³/mol. The summed E-state index contributed by atoms with van der Waals surface area (Å²) in [7, 11) is 0. The topological polar surface area (TPSA) is 0 Å². The molecule has 0 saturated heterocycles. The van der Waals surface area contributed by atoms with E-state index in [0.717, 1.165) is 25.7 Å². The van der Waals surface area contributed by atoms with Gasteiger partial charge in [-0.15, -0.1) is 0 Å². The molecule has 48 heavy (non-hydrogen) atoms. The minimum Gasteiger partial charge on any atom is -0.0622 e. The molecule has 4 aliphatic carbocycles. The molecule has 8 rings (SSSR count). The van der Waals surface area contributed by atoms with Crippen molar-refractivity contribution in [2.24, 2.45) is 11.8 Å². The normalized spacial score (nSPS) is 20.2. The van der Waals surface area contributed by atoms with E-state index < -0.39 is 0 Å². The maximum atomic E-state index is 2.58. The van der Waals surface area contributed by atoms with Gasteiger partial charge in [0.1, 0.15) is 0 Å². The van der Waals surface area contributed by atoms with Gasteiger partial charge in [0.2, 0.25) is 0 Å². The second kappa shape index (κ2) is 11.8. The van der Waals surface area contributed by atoms with Crippen molar-refractivity contribution >= 4 is 22.3 Å². The molecule has 242 valence electrons. The van der Waals surface area contributed by atoms with Crippen LogP contribution in [-0.2, 0) is 23.7 Å². The summed E-state index contributed by atoms with van der Waals surface area (Å²) >= 11 is 0. The zero-order chi connectivity index (χ0) is 33.2. The molecule has 2 atom stereocenters. The number of hydrogen-bond acceptors (Lipinski definition) is 0. The minimum atomic E-state index is 0.136. The Hall–Kier alpha value is -4.16. The van der Waals surface area contributed by atoms with Gasteiger partial charge in [-0.2, -0.15) is 0 Å². The molecule has 4 aromatic rings. The molecule has 0 aliphatic heterocycles. The third-order valence-corrected chi connectivity index (χ3v) is 11.7. The van der Waals surface area contributed by atoms with Gasteiger partial charge in [-0.1, -0.05) is 150 Å². The van der Waals surface area contributed by atoms with Gasteiger partial charge in [-0.3, -0.25) is 0 Å². The van der Waals surface area contributed by atoms with Crippen molar-refractivity contribution in [2.75, 3.05) is 0 Å². The molecule has 4 aromatic carbocycles. The maximum Gasteiger partial charge on any atom is 0.00639 e. The highest BCUT2D eigenvalue weighted by atomic mass is 14.4. The largest absolute Gasteiger partial charge is 0.0622 e. The summed E-state index contributed by atoms with van der Waals surface area (Å²) in [5.74, 6) is 0.915. The van der Waals surface area contributed by atoms with Crippen molar-refractivity contribution in [3.63, 3.8) is 0 Å². The first kappa shape index (κ1) is 31.1. The fraction of sp³-hybridized carbons (Fsp3) is 0.333. The Balaban J connectivity index is 1.19. The van der Waals surface area contributed by atoms with E-state index in [1.165, 1.54) is 79.6 Å². The van der Waals surface area contributed by atoms with E-state index in [0.29, 0.717) is 11.8 Å². The molecule has 0 N–H and O–H groups in total. The van der Waals surface area contributed by atoms with E-state index >= 15 is 0 Å². The lowest BCUT2D eigenvalue weighted by molar-refractivity contribution is 0.563. The molecule has 0 saturated carbocycles. The van der Waals surface area contributed by atoms with Gasteiger partial charge in [0.25, 0.3) is 0 Å². The van der Waals surface area contributed by atoms with Gasteiger partial charge in [0, 0.05) is 11.8 Å². The van der Waals surface area contributed by atoms with Gasteiger partial charge in [-0.25, -0.2) is 0 Å². The molecule has 0 radical (unpaired) electrons. The lowest BCUT2D eigenvalue weighted by atomic mass is 9.75. The van der Waals surface area contributed by atoms with E-state index in [4.69, 9.17) is 0 Å². The molecular weight excluding hydrogens is 577 g/mol. The molecule has 0 nitrogen and oxygen atoms in total. The summed E-state index contributed by atoms with van der Waals surface area (Å²) in [4.78, 5) is 0. The molecule has 2 unspecified atom stereocenters. The van der Waals surface area contributed by atoms with E-state index in [1.807, 2.05) is 0 Å². The van der Waals surface area contributed by atoms with Crippen LogP contribution in [0.25, 0.3) is 22.3 Å². The van der Waals surface area contributed by atoms with E-state index in [-0.39, 0.29) is 10.8 Å². The summed E-state index contributed by atoms with van der Waals surface area (Å²) in [6, 6.07) is 37.1. The fourth-order valence-electron chi connectivity index (χ4n) is 8.95. The van der Waals surface area contributed by atoms with Gasteiger partial charge in [0.05, 0.1) is 0 Å². The van der Waals surface area contributed by atoms with Crippen molar-refractivity contribution in [1.82, 2.24) is 0 Å². The van der Waals surface area contributed by atoms with Crippen LogP contribution in [0, 0.1) is 11.8 Å². The average Bonchev–Trinajstić information content (AvgIpc) is 3.65. The second-order valence-electron chi connectivity index (χ2n) is 16.7. The highest BCUT2D eigenvalue weighted by Gasteiger charge is 2.37. The van der Waals surface area contributed by atoms with E-state index in [2.05, 4.69) is 151 Å². The van der Waals surface area contributed by atoms with Crippen molar-refractivity contribution in [1.29, 1.82) is 0 Å². The molecule has 0 bridgehead atoms. The number of hydrogen-bond donors (Lipinski definition) is 0. The predicted octanol–water partition coefficient (Wildman–Crippen LogP) is 12.6. The van der Waals surface area contributed by atoms with Gasteiger partial charge in [-0.05, 0) is 128 Å². The molecule has 0 fully saturated rings. The maximum absolute atomic E-state index is 2.58. The number of rotatable bonds is 5. The standard InChI is InChI=1S/C48H50/c1-47(2,3)35-21-17-33-19-23-39-37(43(29-45(39)41(33)27-35)31-13-9-7-10-14-31)25-26-38-40-24-20-34-18-22-36(48(4,5)6)28-42(34)46(40)30-44(38)32-15-11-8-12-16-32/h7-18,21-22,27-30,37-38H,19-20,23-26H2,1-6H3. The Morgan fingerprint density at radius 1 is 0.479 bits per heavy atom. The van der Waals surface area contributed by atoms with Crippen LogP contribution < -0.4 is 0 Å². The summed E-state index contributed by atoms with van der Waals surface area (Å²) in [6.45, 7) is 14.0. The molecule has 0 heteroatoms. The third kappa shape index (κ3) is 5.48. The molecule has 0 heterocycles. The van der Waals surface area contributed by atoms with Crippen LogP contribution in [0.5, 0.6) is 0 Å². The van der Waals surface area contributed by atoms with Crippen LogP contribution in [-0.4, -0.2) is 0 Å². The zero-order valence-electron chi connectivity index (χ0n) is 29.8. The molecule has 0 aromatic heterocycles. The van der Waals surface area contributed by atoms with Gasteiger partial charge < -0.3 is 0 Å². The first-order valence-corrected chi connectivity index (χ1v) is 18.3. The Labute approximate surface area is 289 Å². The Kier molecular flexibility index (Phi) is 7.63. The lowest BCUT2D eigenvalue weighted by Gasteiger charge is -2.29. The minimum absolute atomic E-state index is 0.136. The van der Waals surface area contributed by atoms with Crippen molar-refractivity contribution in [3.05, 3.63) is 165 Å². The van der Waals surface area contributed by atoms with Crippen LogP contribution in [0.1, 0.15) is 112 Å². The average molecular weight is 627 g/mol. The van der Waals surface area contributed by atoms with Crippen molar-refractivity contribution in [2.45, 2.75) is 90.9 Å². The van der Waals surface area contributed by atoms with Crippen molar-refractivity contribution in [3.8, 4) is 0 Å². The highest BCUT2D eigenvalue weighted by Crippen LogP contribution is 2.53. The quantitative estimate of drug-likeness (QED) is 0.207. The fourth-order valence-corrected chi connectivity index (χ4v) is 8.95. The molecule has 0 amide bonds. The zero-order valence-corrected chi connectivity index (χ0v) is 29.8. The number of benzene rings is 4. The number of aryl methyl sites for hydroxylation is 2. The second-order valence-corrected chi connectivity index (χ2v) is 16.7. The van der Waals surface area contributed by atoms with Gasteiger partial charge in [0.15, 0.2) is 0 Å². The summed E-state index contributed by atoms with van der Waals surface area (Å²) in [5.41, 5.74) is 21.3.